The largest absolute Gasteiger partial charge is 0.476 e. The fraction of sp³-hybridized carbons (Fsp3) is 0.500. The molecule has 0 aliphatic heterocycles. The Kier molecular flexibility index (Phi) is 2.36. The van der Waals surface area contributed by atoms with Gasteiger partial charge in [-0.25, -0.2) is 9.18 Å². The number of halogens is 1. The van der Waals surface area contributed by atoms with E-state index in [9.17, 15) is 9.18 Å². The summed E-state index contributed by atoms with van der Waals surface area (Å²) in [6, 6.07) is 1.35. The van der Waals surface area contributed by atoms with Crippen molar-refractivity contribution in [3.05, 3.63) is 18.0 Å². The molecule has 0 amide bonds. The third-order valence-electron chi connectivity index (χ3n) is 1.76. The number of carboxylic acids is 1. The second-order valence-electron chi connectivity index (χ2n) is 3.40. The van der Waals surface area contributed by atoms with Crippen LogP contribution >= 0.6 is 0 Å². The van der Waals surface area contributed by atoms with Crippen molar-refractivity contribution >= 4 is 5.97 Å². The molecule has 0 aromatic carbocycles. The molecule has 1 aromatic heterocycles. The second-order valence-corrected chi connectivity index (χ2v) is 3.40. The van der Waals surface area contributed by atoms with E-state index in [2.05, 4.69) is 5.10 Å². The molecule has 72 valence electrons. The summed E-state index contributed by atoms with van der Waals surface area (Å²) in [5.74, 6) is -1.10. The van der Waals surface area contributed by atoms with Crippen molar-refractivity contribution in [2.45, 2.75) is 19.4 Å². The standard InChI is InChI=1S/C8H11FN2O2/c1-8(2,5-9)11-4-3-6(10-11)7(12)13/h3-4H,5H2,1-2H3,(H,12,13). The van der Waals surface area contributed by atoms with Gasteiger partial charge in [-0.1, -0.05) is 0 Å². The van der Waals surface area contributed by atoms with Gasteiger partial charge in [-0.05, 0) is 19.9 Å². The summed E-state index contributed by atoms with van der Waals surface area (Å²) in [7, 11) is 0. The van der Waals surface area contributed by atoms with Crippen LogP contribution in [-0.2, 0) is 5.54 Å². The van der Waals surface area contributed by atoms with E-state index in [1.807, 2.05) is 0 Å². The lowest BCUT2D eigenvalue weighted by molar-refractivity contribution is 0.0688. The maximum Gasteiger partial charge on any atom is 0.356 e. The Labute approximate surface area is 75.0 Å². The van der Waals surface area contributed by atoms with E-state index < -0.39 is 18.2 Å². The number of aromatic nitrogens is 2. The number of hydrogen-bond acceptors (Lipinski definition) is 2. The summed E-state index contributed by atoms with van der Waals surface area (Å²) in [5.41, 5.74) is -0.852. The molecule has 1 heterocycles. The van der Waals surface area contributed by atoms with Gasteiger partial charge in [0.25, 0.3) is 0 Å². The van der Waals surface area contributed by atoms with Gasteiger partial charge in [0.05, 0.1) is 5.54 Å². The van der Waals surface area contributed by atoms with E-state index in [0.29, 0.717) is 0 Å². The molecule has 0 radical (unpaired) electrons. The molecule has 5 heteroatoms. The average molecular weight is 186 g/mol. The first-order valence-corrected chi connectivity index (χ1v) is 3.83. The molecule has 0 atom stereocenters. The molecule has 0 fully saturated rings. The quantitative estimate of drug-likeness (QED) is 0.773. The molecular weight excluding hydrogens is 175 g/mol. The molecular formula is C8H11FN2O2. The highest BCUT2D eigenvalue weighted by molar-refractivity contribution is 5.85. The highest BCUT2D eigenvalue weighted by Crippen LogP contribution is 2.14. The van der Waals surface area contributed by atoms with Crippen LogP contribution in [0.2, 0.25) is 0 Å². The van der Waals surface area contributed by atoms with Crippen molar-refractivity contribution in [3.63, 3.8) is 0 Å². The second kappa shape index (κ2) is 3.16. The van der Waals surface area contributed by atoms with Crippen molar-refractivity contribution in [2.24, 2.45) is 0 Å². The molecule has 13 heavy (non-hydrogen) atoms. The van der Waals surface area contributed by atoms with E-state index in [0.717, 1.165) is 0 Å². The fourth-order valence-electron chi connectivity index (χ4n) is 0.836. The zero-order valence-electron chi connectivity index (χ0n) is 7.49. The molecule has 0 spiro atoms. The SMILES string of the molecule is CC(C)(CF)n1ccc(C(=O)O)n1. The number of carboxylic acid groups (broad SMARTS) is 1. The number of carbonyl (C=O) groups is 1. The minimum atomic E-state index is -1.10. The van der Waals surface area contributed by atoms with Crippen molar-refractivity contribution in [1.82, 2.24) is 9.78 Å². The van der Waals surface area contributed by atoms with Crippen LogP contribution in [0, 0.1) is 0 Å². The van der Waals surface area contributed by atoms with Gasteiger partial charge < -0.3 is 5.11 Å². The lowest BCUT2D eigenvalue weighted by Crippen LogP contribution is -2.29. The van der Waals surface area contributed by atoms with Gasteiger partial charge in [0.1, 0.15) is 6.67 Å². The summed E-state index contributed by atoms with van der Waals surface area (Å²) in [4.78, 5) is 10.5. The maximum atomic E-state index is 12.5. The maximum absolute atomic E-state index is 12.5. The molecule has 0 aliphatic carbocycles. The number of aromatic carboxylic acids is 1. The molecule has 0 saturated heterocycles. The number of hydrogen-bond donors (Lipinski definition) is 1. The Hall–Kier alpha value is -1.39. The Balaban J connectivity index is 2.98. The summed E-state index contributed by atoms with van der Waals surface area (Å²) >= 11 is 0. The van der Waals surface area contributed by atoms with Crippen LogP contribution in [0.4, 0.5) is 4.39 Å². The zero-order valence-corrected chi connectivity index (χ0v) is 7.49. The first-order valence-electron chi connectivity index (χ1n) is 3.83. The van der Waals surface area contributed by atoms with Gasteiger partial charge in [-0.3, -0.25) is 4.68 Å². The van der Waals surface area contributed by atoms with Gasteiger partial charge in [-0.2, -0.15) is 5.10 Å². The third kappa shape index (κ3) is 1.85. The number of nitrogens with zero attached hydrogens (tertiary/aromatic N) is 2. The molecule has 1 rings (SSSR count). The van der Waals surface area contributed by atoms with Crippen LogP contribution in [0.25, 0.3) is 0 Å². The van der Waals surface area contributed by atoms with Crippen molar-refractivity contribution in [2.75, 3.05) is 6.67 Å². The normalized spacial score (nSPS) is 11.6. The average Bonchev–Trinajstić information content (AvgIpc) is 2.52. The van der Waals surface area contributed by atoms with Crippen molar-refractivity contribution < 1.29 is 14.3 Å². The third-order valence-corrected chi connectivity index (χ3v) is 1.76. The van der Waals surface area contributed by atoms with Gasteiger partial charge in [0.15, 0.2) is 5.69 Å². The first kappa shape index (κ1) is 9.70. The Bertz CT molecular complexity index is 320. The monoisotopic (exact) mass is 186 g/mol. The summed E-state index contributed by atoms with van der Waals surface area (Å²) in [5, 5.41) is 12.3. The minimum Gasteiger partial charge on any atom is -0.476 e. The number of rotatable bonds is 3. The van der Waals surface area contributed by atoms with Gasteiger partial charge >= 0.3 is 5.97 Å². The Morgan fingerprint density at radius 3 is 2.77 bits per heavy atom. The molecule has 0 unspecified atom stereocenters. The van der Waals surface area contributed by atoms with Crippen molar-refractivity contribution in [3.8, 4) is 0 Å². The van der Waals surface area contributed by atoms with Crippen LogP contribution in [-0.4, -0.2) is 27.5 Å². The van der Waals surface area contributed by atoms with E-state index in [4.69, 9.17) is 5.11 Å². The molecule has 4 nitrogen and oxygen atoms in total. The van der Waals surface area contributed by atoms with Crippen LogP contribution in [0.15, 0.2) is 12.3 Å². The topological polar surface area (TPSA) is 55.1 Å². The zero-order chi connectivity index (χ0) is 10.1. The van der Waals surface area contributed by atoms with Crippen LogP contribution in [0.3, 0.4) is 0 Å². The lowest BCUT2D eigenvalue weighted by Gasteiger charge is -2.20. The van der Waals surface area contributed by atoms with Crippen molar-refractivity contribution in [1.29, 1.82) is 0 Å². The van der Waals surface area contributed by atoms with Crippen LogP contribution in [0.1, 0.15) is 24.3 Å². The van der Waals surface area contributed by atoms with Crippen LogP contribution in [0.5, 0.6) is 0 Å². The van der Waals surface area contributed by atoms with E-state index in [1.165, 1.54) is 16.9 Å². The predicted octanol–water partition coefficient (Wildman–Crippen LogP) is 1.29. The highest BCUT2D eigenvalue weighted by atomic mass is 19.1. The van der Waals surface area contributed by atoms with E-state index in [1.54, 1.807) is 13.8 Å². The van der Waals surface area contributed by atoms with Gasteiger partial charge in [0.2, 0.25) is 0 Å². The Morgan fingerprint density at radius 2 is 2.38 bits per heavy atom. The van der Waals surface area contributed by atoms with Gasteiger partial charge in [0, 0.05) is 6.20 Å². The molecule has 0 aliphatic rings. The lowest BCUT2D eigenvalue weighted by atomic mass is 10.1. The molecule has 1 N–H and O–H groups in total. The van der Waals surface area contributed by atoms with Crippen LogP contribution < -0.4 is 0 Å². The summed E-state index contributed by atoms with van der Waals surface area (Å²) in [6.07, 6.45) is 1.46. The number of alkyl halides is 1. The highest BCUT2D eigenvalue weighted by Gasteiger charge is 2.21. The molecule has 1 aromatic rings. The van der Waals surface area contributed by atoms with E-state index in [-0.39, 0.29) is 5.69 Å². The van der Waals surface area contributed by atoms with Gasteiger partial charge in [-0.15, -0.1) is 0 Å². The smallest absolute Gasteiger partial charge is 0.356 e. The first-order chi connectivity index (χ1) is 5.97. The minimum absolute atomic E-state index is 0.0680. The Morgan fingerprint density at radius 1 is 1.77 bits per heavy atom. The van der Waals surface area contributed by atoms with E-state index >= 15 is 0 Å². The summed E-state index contributed by atoms with van der Waals surface area (Å²) in [6.45, 7) is 2.70. The summed E-state index contributed by atoms with van der Waals surface area (Å²) < 4.78 is 13.8. The fourth-order valence-corrected chi connectivity index (χ4v) is 0.836. The predicted molar refractivity (Wildman–Crippen MR) is 44.5 cm³/mol. The molecule has 0 bridgehead atoms. The molecule has 0 saturated carbocycles.